The van der Waals surface area contributed by atoms with Crippen LogP contribution in [0.5, 0.6) is 0 Å². The van der Waals surface area contributed by atoms with E-state index in [1.54, 1.807) is 0 Å². The lowest BCUT2D eigenvalue weighted by atomic mass is 9.97. The Hall–Kier alpha value is -3.61. The lowest BCUT2D eigenvalue weighted by Gasteiger charge is -2.25. The number of carbonyl (C=O) groups excluding carboxylic acids is 3. The molecule has 3 atom stereocenters. The molecule has 0 spiro atoms. The average Bonchev–Trinajstić information content (AvgIpc) is 3.23. The summed E-state index contributed by atoms with van der Waals surface area (Å²) in [5.74, 6) is -0.549. The molecule has 1 heterocycles. The Morgan fingerprint density at radius 2 is 1.78 bits per heavy atom. The molecule has 0 saturated heterocycles. The first kappa shape index (κ1) is 23.1. The second-order valence-electron chi connectivity index (χ2n) is 7.88. The summed E-state index contributed by atoms with van der Waals surface area (Å²) in [4.78, 5) is 40.2. The summed E-state index contributed by atoms with van der Waals surface area (Å²) < 4.78 is 5.26. The van der Waals surface area contributed by atoms with E-state index in [-0.39, 0.29) is 12.5 Å². The molecule has 3 rings (SSSR count). The number of fused-ring (bicyclic) bond motifs is 1. The summed E-state index contributed by atoms with van der Waals surface area (Å²) in [6, 6.07) is 15.6. The minimum absolute atomic E-state index is 0.110. The van der Waals surface area contributed by atoms with Crippen molar-refractivity contribution in [1.82, 2.24) is 15.6 Å². The number of aldehydes is 1. The predicted octanol–water partition coefficient (Wildman–Crippen LogP) is 3.74. The molecule has 0 aliphatic carbocycles. The molecule has 3 aromatic rings. The molecule has 0 radical (unpaired) electrons. The van der Waals surface area contributed by atoms with Crippen molar-refractivity contribution < 1.29 is 19.1 Å². The minimum atomic E-state index is -0.811. The molecule has 0 aliphatic rings. The van der Waals surface area contributed by atoms with E-state index in [2.05, 4.69) is 15.6 Å². The van der Waals surface area contributed by atoms with Crippen LogP contribution in [0.4, 0.5) is 4.79 Å². The molecule has 0 saturated carbocycles. The molecular weight excluding hydrogens is 406 g/mol. The summed E-state index contributed by atoms with van der Waals surface area (Å²) in [5, 5.41) is 6.44. The summed E-state index contributed by atoms with van der Waals surface area (Å²) in [7, 11) is 0. The zero-order valence-corrected chi connectivity index (χ0v) is 18.3. The van der Waals surface area contributed by atoms with Gasteiger partial charge in [-0.2, -0.15) is 0 Å². The number of benzene rings is 2. The molecule has 7 nitrogen and oxygen atoms in total. The topological polar surface area (TPSA) is 100 Å². The number of ether oxygens (including phenoxy) is 1. The summed E-state index contributed by atoms with van der Waals surface area (Å²) in [5.41, 5.74) is 2.76. The van der Waals surface area contributed by atoms with E-state index in [0.29, 0.717) is 12.8 Å². The van der Waals surface area contributed by atoms with Crippen LogP contribution in [0, 0.1) is 5.92 Å². The highest BCUT2D eigenvalue weighted by Gasteiger charge is 2.28. The summed E-state index contributed by atoms with van der Waals surface area (Å²) in [6.45, 7) is 3.92. The number of hydrogen-bond donors (Lipinski definition) is 3. The van der Waals surface area contributed by atoms with Gasteiger partial charge in [-0.3, -0.25) is 4.79 Å². The van der Waals surface area contributed by atoms with E-state index >= 15 is 0 Å². The van der Waals surface area contributed by atoms with Gasteiger partial charge in [-0.25, -0.2) is 4.79 Å². The molecule has 0 bridgehead atoms. The fourth-order valence-corrected chi connectivity index (χ4v) is 3.54. The maximum Gasteiger partial charge on any atom is 0.408 e. The lowest BCUT2D eigenvalue weighted by Crippen LogP contribution is -2.53. The van der Waals surface area contributed by atoms with E-state index in [1.807, 2.05) is 74.6 Å². The Balaban J connectivity index is 1.62. The standard InChI is InChI=1S/C25H29N3O4/c1-3-17(2)23(28-25(31)32-16-18-9-5-4-6-10-18)24(30)27-20(15-29)13-19-14-26-22-12-8-7-11-21(19)22/h4-12,14-15,17,20,23,26H,3,13,16H2,1-2H3,(H,27,30)(H,28,31)/t17-,20+,23-/m0/s1. The third-order valence-electron chi connectivity index (χ3n) is 5.59. The van der Waals surface area contributed by atoms with Gasteiger partial charge in [0.15, 0.2) is 0 Å². The van der Waals surface area contributed by atoms with Gasteiger partial charge in [-0.15, -0.1) is 0 Å². The number of H-pyrrole nitrogens is 1. The maximum atomic E-state index is 13.0. The molecule has 0 fully saturated rings. The first-order chi connectivity index (χ1) is 15.5. The number of hydrogen-bond acceptors (Lipinski definition) is 4. The van der Waals surface area contributed by atoms with Crippen LogP contribution in [0.3, 0.4) is 0 Å². The largest absolute Gasteiger partial charge is 0.445 e. The normalized spacial score (nSPS) is 13.7. The molecule has 2 aromatic carbocycles. The van der Waals surface area contributed by atoms with Crippen LogP contribution in [-0.2, 0) is 27.4 Å². The molecule has 32 heavy (non-hydrogen) atoms. The number of alkyl carbamates (subject to hydrolysis) is 1. The lowest BCUT2D eigenvalue weighted by molar-refractivity contribution is -0.126. The van der Waals surface area contributed by atoms with Crippen LogP contribution in [-0.4, -0.2) is 35.4 Å². The van der Waals surface area contributed by atoms with E-state index in [4.69, 9.17) is 4.74 Å². The Labute approximate surface area is 187 Å². The van der Waals surface area contributed by atoms with Crippen molar-refractivity contribution in [3.63, 3.8) is 0 Å². The van der Waals surface area contributed by atoms with Gasteiger partial charge in [0.25, 0.3) is 0 Å². The van der Waals surface area contributed by atoms with E-state index in [0.717, 1.165) is 28.3 Å². The first-order valence-electron chi connectivity index (χ1n) is 10.8. The van der Waals surface area contributed by atoms with Gasteiger partial charge in [0.2, 0.25) is 5.91 Å². The van der Waals surface area contributed by atoms with Gasteiger partial charge in [0.05, 0.1) is 6.04 Å². The molecule has 3 N–H and O–H groups in total. The van der Waals surface area contributed by atoms with Gasteiger partial charge >= 0.3 is 6.09 Å². The average molecular weight is 436 g/mol. The Morgan fingerprint density at radius 1 is 1.06 bits per heavy atom. The maximum absolute atomic E-state index is 13.0. The molecule has 7 heteroatoms. The molecule has 2 amide bonds. The fraction of sp³-hybridized carbons (Fsp3) is 0.320. The third-order valence-corrected chi connectivity index (χ3v) is 5.59. The van der Waals surface area contributed by atoms with Crippen LogP contribution < -0.4 is 10.6 Å². The SMILES string of the molecule is CC[C@H](C)[C@H](NC(=O)OCc1ccccc1)C(=O)N[C@@H](C=O)Cc1c[nH]c2ccccc12. The number of rotatable bonds is 10. The van der Waals surface area contributed by atoms with Gasteiger partial charge in [-0.1, -0.05) is 68.8 Å². The van der Waals surface area contributed by atoms with Crippen LogP contribution >= 0.6 is 0 Å². The van der Waals surface area contributed by atoms with Crippen molar-refractivity contribution in [2.45, 2.75) is 45.4 Å². The number of aromatic nitrogens is 1. The Morgan fingerprint density at radius 3 is 2.50 bits per heavy atom. The van der Waals surface area contributed by atoms with Crippen LogP contribution in [0.15, 0.2) is 60.8 Å². The number of aromatic amines is 1. The second kappa shape index (κ2) is 11.1. The molecule has 168 valence electrons. The number of amides is 2. The van der Waals surface area contributed by atoms with Crippen molar-refractivity contribution in [2.75, 3.05) is 0 Å². The molecule has 0 aliphatic heterocycles. The van der Waals surface area contributed by atoms with Crippen LogP contribution in [0.2, 0.25) is 0 Å². The van der Waals surface area contributed by atoms with Gasteiger partial charge < -0.3 is 25.1 Å². The highest BCUT2D eigenvalue weighted by atomic mass is 16.5. The summed E-state index contributed by atoms with van der Waals surface area (Å²) >= 11 is 0. The monoisotopic (exact) mass is 435 g/mol. The minimum Gasteiger partial charge on any atom is -0.445 e. The van der Waals surface area contributed by atoms with E-state index < -0.39 is 24.1 Å². The predicted molar refractivity (Wildman–Crippen MR) is 123 cm³/mol. The van der Waals surface area contributed by atoms with Gasteiger partial charge in [0.1, 0.15) is 18.9 Å². The number of para-hydroxylation sites is 1. The summed E-state index contributed by atoms with van der Waals surface area (Å²) in [6.07, 6.45) is 2.92. The van der Waals surface area contributed by atoms with Crippen molar-refractivity contribution in [3.8, 4) is 0 Å². The van der Waals surface area contributed by atoms with E-state index in [9.17, 15) is 14.4 Å². The van der Waals surface area contributed by atoms with Crippen molar-refractivity contribution in [1.29, 1.82) is 0 Å². The van der Waals surface area contributed by atoms with Crippen molar-refractivity contribution in [3.05, 3.63) is 71.9 Å². The van der Waals surface area contributed by atoms with Crippen LogP contribution in [0.25, 0.3) is 10.9 Å². The molecule has 1 aromatic heterocycles. The smallest absolute Gasteiger partial charge is 0.408 e. The van der Waals surface area contributed by atoms with E-state index in [1.165, 1.54) is 0 Å². The number of nitrogens with one attached hydrogen (secondary N) is 3. The highest BCUT2D eigenvalue weighted by Crippen LogP contribution is 2.19. The Bertz CT molecular complexity index is 1050. The fourth-order valence-electron chi connectivity index (χ4n) is 3.54. The molecule has 0 unspecified atom stereocenters. The zero-order chi connectivity index (χ0) is 22.9. The third kappa shape index (κ3) is 5.97. The zero-order valence-electron chi connectivity index (χ0n) is 18.3. The van der Waals surface area contributed by atoms with Gasteiger partial charge in [0, 0.05) is 23.5 Å². The number of carbonyl (C=O) groups is 3. The van der Waals surface area contributed by atoms with Crippen molar-refractivity contribution >= 4 is 29.2 Å². The first-order valence-corrected chi connectivity index (χ1v) is 10.8. The van der Waals surface area contributed by atoms with Crippen LogP contribution in [0.1, 0.15) is 31.4 Å². The molecular formula is C25H29N3O4. The second-order valence-corrected chi connectivity index (χ2v) is 7.88. The quantitative estimate of drug-likeness (QED) is 0.423. The highest BCUT2D eigenvalue weighted by molar-refractivity contribution is 5.88. The van der Waals surface area contributed by atoms with Gasteiger partial charge in [-0.05, 0) is 23.1 Å². The Kier molecular flexibility index (Phi) is 8.02. The van der Waals surface area contributed by atoms with Crippen molar-refractivity contribution in [2.24, 2.45) is 5.92 Å².